The third kappa shape index (κ3) is 1.57. The lowest BCUT2D eigenvalue weighted by atomic mass is 10.0. The summed E-state index contributed by atoms with van der Waals surface area (Å²) in [4.78, 5) is 0. The fraction of sp³-hybridized carbons (Fsp3) is 0.778. The van der Waals surface area contributed by atoms with Gasteiger partial charge in [0.2, 0.25) is 0 Å². The summed E-state index contributed by atoms with van der Waals surface area (Å²) in [5.74, 6) is 2.90. The van der Waals surface area contributed by atoms with E-state index in [4.69, 9.17) is 0 Å². The van der Waals surface area contributed by atoms with E-state index in [1.54, 1.807) is 0 Å². The van der Waals surface area contributed by atoms with Gasteiger partial charge in [-0.2, -0.15) is 0 Å². The quantitative estimate of drug-likeness (QED) is 0.507. The van der Waals surface area contributed by atoms with E-state index in [2.05, 4.69) is 20.4 Å². The molecule has 0 heteroatoms. The molecule has 0 nitrogen and oxygen atoms in total. The highest BCUT2D eigenvalue weighted by atomic mass is 14.4. The zero-order valence-electron chi connectivity index (χ0n) is 6.43. The van der Waals surface area contributed by atoms with Gasteiger partial charge in [-0.05, 0) is 30.6 Å². The Morgan fingerprint density at radius 1 is 1.78 bits per heavy atom. The molecule has 0 aliphatic heterocycles. The van der Waals surface area contributed by atoms with Crippen LogP contribution in [0.1, 0.15) is 26.7 Å². The minimum Gasteiger partial charge on any atom is -0.103 e. The molecule has 0 spiro atoms. The Kier molecular flexibility index (Phi) is 1.94. The molecule has 0 aromatic heterocycles. The molecule has 0 heterocycles. The van der Waals surface area contributed by atoms with Crippen LogP contribution < -0.4 is 0 Å². The van der Waals surface area contributed by atoms with Crippen LogP contribution >= 0.6 is 0 Å². The molecule has 0 radical (unpaired) electrons. The van der Waals surface area contributed by atoms with Crippen LogP contribution in [0.5, 0.6) is 0 Å². The van der Waals surface area contributed by atoms with Crippen molar-refractivity contribution in [2.45, 2.75) is 26.7 Å². The summed E-state index contributed by atoms with van der Waals surface area (Å²) >= 11 is 0. The summed E-state index contributed by atoms with van der Waals surface area (Å²) in [5, 5.41) is 0. The second kappa shape index (κ2) is 2.55. The van der Waals surface area contributed by atoms with E-state index in [1.807, 2.05) is 6.08 Å². The second-order valence-corrected chi connectivity index (χ2v) is 3.38. The van der Waals surface area contributed by atoms with Crippen LogP contribution in [0.2, 0.25) is 0 Å². The third-order valence-electron chi connectivity index (χ3n) is 2.44. The Morgan fingerprint density at radius 2 is 2.33 bits per heavy atom. The fourth-order valence-electron chi connectivity index (χ4n) is 1.58. The van der Waals surface area contributed by atoms with Gasteiger partial charge in [-0.15, -0.1) is 6.58 Å². The van der Waals surface area contributed by atoms with Crippen LogP contribution in [0.3, 0.4) is 0 Å². The van der Waals surface area contributed by atoms with Gasteiger partial charge >= 0.3 is 0 Å². The van der Waals surface area contributed by atoms with Gasteiger partial charge in [-0.1, -0.05) is 19.9 Å². The molecule has 0 N–H and O–H groups in total. The molecule has 3 atom stereocenters. The van der Waals surface area contributed by atoms with Crippen molar-refractivity contribution in [3.63, 3.8) is 0 Å². The van der Waals surface area contributed by atoms with E-state index in [1.165, 1.54) is 12.8 Å². The molecular formula is C9H16. The third-order valence-corrected chi connectivity index (χ3v) is 2.44. The van der Waals surface area contributed by atoms with Crippen molar-refractivity contribution in [3.05, 3.63) is 12.7 Å². The average Bonchev–Trinajstić information content (AvgIpc) is 2.47. The largest absolute Gasteiger partial charge is 0.103 e. The maximum absolute atomic E-state index is 3.74. The second-order valence-electron chi connectivity index (χ2n) is 3.38. The van der Waals surface area contributed by atoms with Gasteiger partial charge in [0.25, 0.3) is 0 Å². The van der Waals surface area contributed by atoms with Gasteiger partial charge in [-0.25, -0.2) is 0 Å². The van der Waals surface area contributed by atoms with Crippen molar-refractivity contribution >= 4 is 0 Å². The van der Waals surface area contributed by atoms with Gasteiger partial charge in [0, 0.05) is 0 Å². The van der Waals surface area contributed by atoms with Crippen LogP contribution in [0.25, 0.3) is 0 Å². The summed E-state index contributed by atoms with van der Waals surface area (Å²) in [7, 11) is 0. The van der Waals surface area contributed by atoms with Crippen molar-refractivity contribution < 1.29 is 0 Å². The normalized spacial score (nSPS) is 35.8. The van der Waals surface area contributed by atoms with E-state index < -0.39 is 0 Å². The molecular weight excluding hydrogens is 108 g/mol. The molecule has 1 saturated carbocycles. The summed E-state index contributed by atoms with van der Waals surface area (Å²) < 4.78 is 0. The van der Waals surface area contributed by atoms with E-state index in [-0.39, 0.29) is 0 Å². The first kappa shape index (κ1) is 6.85. The number of hydrogen-bond acceptors (Lipinski definition) is 0. The van der Waals surface area contributed by atoms with E-state index in [0.717, 1.165) is 17.8 Å². The van der Waals surface area contributed by atoms with Crippen molar-refractivity contribution in [1.29, 1.82) is 0 Å². The Labute approximate surface area is 58.0 Å². The highest BCUT2D eigenvalue weighted by molar-refractivity contribution is 4.88. The summed E-state index contributed by atoms with van der Waals surface area (Å²) in [6.07, 6.45) is 4.69. The van der Waals surface area contributed by atoms with E-state index in [9.17, 15) is 0 Å². The van der Waals surface area contributed by atoms with Crippen LogP contribution in [0, 0.1) is 17.8 Å². The average molecular weight is 124 g/mol. The topological polar surface area (TPSA) is 0 Å². The summed E-state index contributed by atoms with van der Waals surface area (Å²) in [6, 6.07) is 0. The fourth-order valence-corrected chi connectivity index (χ4v) is 1.58. The Morgan fingerprint density at radius 3 is 2.67 bits per heavy atom. The lowest BCUT2D eigenvalue weighted by molar-refractivity contribution is 0.490. The zero-order valence-corrected chi connectivity index (χ0v) is 6.43. The van der Waals surface area contributed by atoms with Gasteiger partial charge < -0.3 is 0 Å². The van der Waals surface area contributed by atoms with E-state index in [0.29, 0.717) is 0 Å². The zero-order chi connectivity index (χ0) is 6.85. The minimum absolute atomic E-state index is 0.887. The molecule has 9 heavy (non-hydrogen) atoms. The van der Waals surface area contributed by atoms with Crippen molar-refractivity contribution in [1.82, 2.24) is 0 Å². The smallest absolute Gasteiger partial charge is 0.0325 e. The summed E-state index contributed by atoms with van der Waals surface area (Å²) in [5.41, 5.74) is 0. The first-order chi connectivity index (χ1) is 4.25. The van der Waals surface area contributed by atoms with Crippen molar-refractivity contribution in [2.24, 2.45) is 17.8 Å². The first-order valence-corrected chi connectivity index (χ1v) is 3.86. The highest BCUT2D eigenvalue weighted by Crippen LogP contribution is 2.44. The lowest BCUT2D eigenvalue weighted by Crippen LogP contribution is -1.95. The number of allylic oxidation sites excluding steroid dienone is 1. The molecule has 1 fully saturated rings. The van der Waals surface area contributed by atoms with Gasteiger partial charge in [0.05, 0.1) is 0 Å². The molecule has 0 aromatic carbocycles. The van der Waals surface area contributed by atoms with Gasteiger partial charge in [-0.3, -0.25) is 0 Å². The number of rotatable bonds is 3. The molecule has 0 bridgehead atoms. The Balaban J connectivity index is 2.18. The van der Waals surface area contributed by atoms with Crippen LogP contribution in [-0.2, 0) is 0 Å². The molecule has 52 valence electrons. The number of hydrogen-bond donors (Lipinski definition) is 0. The van der Waals surface area contributed by atoms with Gasteiger partial charge in [0.1, 0.15) is 0 Å². The lowest BCUT2D eigenvalue weighted by Gasteiger charge is -2.04. The van der Waals surface area contributed by atoms with E-state index >= 15 is 0 Å². The molecule has 1 aliphatic rings. The maximum Gasteiger partial charge on any atom is -0.0325 e. The Hall–Kier alpha value is -0.260. The maximum atomic E-state index is 3.74. The predicted octanol–water partition coefficient (Wildman–Crippen LogP) is 2.85. The standard InChI is InChI=1S/C9H16/c1-4-5-7(2)9-6-8(9)3/h4,7-9H,1,5-6H2,2-3H3. The molecule has 0 aromatic rings. The Bertz CT molecular complexity index is 105. The molecule has 3 unspecified atom stereocenters. The molecule has 1 rings (SSSR count). The molecule has 0 amide bonds. The SMILES string of the molecule is C=CCC(C)C1CC1C. The van der Waals surface area contributed by atoms with Crippen molar-refractivity contribution in [3.8, 4) is 0 Å². The monoisotopic (exact) mass is 124 g/mol. The van der Waals surface area contributed by atoms with Crippen molar-refractivity contribution in [2.75, 3.05) is 0 Å². The van der Waals surface area contributed by atoms with Crippen LogP contribution in [0.4, 0.5) is 0 Å². The summed E-state index contributed by atoms with van der Waals surface area (Å²) in [6.45, 7) is 8.40. The van der Waals surface area contributed by atoms with Crippen LogP contribution in [0.15, 0.2) is 12.7 Å². The minimum atomic E-state index is 0.887. The molecule has 1 aliphatic carbocycles. The first-order valence-electron chi connectivity index (χ1n) is 3.86. The van der Waals surface area contributed by atoms with Gasteiger partial charge in [0.15, 0.2) is 0 Å². The molecule has 0 saturated heterocycles. The highest BCUT2D eigenvalue weighted by Gasteiger charge is 2.35. The van der Waals surface area contributed by atoms with Crippen LogP contribution in [-0.4, -0.2) is 0 Å². The predicted molar refractivity (Wildman–Crippen MR) is 41.2 cm³/mol.